The summed E-state index contributed by atoms with van der Waals surface area (Å²) in [6, 6.07) is 2.08. The zero-order valence-corrected chi connectivity index (χ0v) is 8.68. The van der Waals surface area contributed by atoms with Crippen molar-refractivity contribution in [2.45, 2.75) is 13.5 Å². The number of nitrogens with zero attached hydrogens (tertiary/aromatic N) is 2. The van der Waals surface area contributed by atoms with Crippen molar-refractivity contribution in [1.29, 1.82) is 0 Å². The highest BCUT2D eigenvalue weighted by atomic mass is 16.4. The van der Waals surface area contributed by atoms with Gasteiger partial charge in [-0.2, -0.15) is 0 Å². The lowest BCUT2D eigenvalue weighted by Crippen LogP contribution is -2.49. The van der Waals surface area contributed by atoms with Crippen molar-refractivity contribution in [2.24, 2.45) is 5.92 Å². The van der Waals surface area contributed by atoms with E-state index in [-0.39, 0.29) is 5.92 Å². The first-order chi connectivity index (χ1) is 7.15. The van der Waals surface area contributed by atoms with Crippen LogP contribution in [-0.4, -0.2) is 34.0 Å². The summed E-state index contributed by atoms with van der Waals surface area (Å²) in [6.07, 6.45) is 3.65. The number of aliphatic carboxylic acids is 1. The Morgan fingerprint density at radius 2 is 2.33 bits per heavy atom. The highest BCUT2D eigenvalue weighted by Crippen LogP contribution is 2.18. The minimum absolute atomic E-state index is 0.178. The van der Waals surface area contributed by atoms with Gasteiger partial charge in [-0.3, -0.25) is 14.7 Å². The summed E-state index contributed by atoms with van der Waals surface area (Å²) >= 11 is 0. The second-order valence-corrected chi connectivity index (χ2v) is 4.10. The molecule has 1 N–H and O–H groups in total. The van der Waals surface area contributed by atoms with Gasteiger partial charge in [-0.05, 0) is 18.1 Å². The molecular formula is C11H14N2O2. The van der Waals surface area contributed by atoms with Crippen LogP contribution in [-0.2, 0) is 11.3 Å². The molecule has 4 nitrogen and oxygen atoms in total. The second kappa shape index (κ2) is 3.98. The average Bonchev–Trinajstić information content (AvgIpc) is 2.10. The summed E-state index contributed by atoms with van der Waals surface area (Å²) in [7, 11) is 0. The topological polar surface area (TPSA) is 53.4 Å². The van der Waals surface area contributed by atoms with Crippen LogP contribution in [0.15, 0.2) is 18.5 Å². The molecule has 1 fully saturated rings. The number of carbonyl (C=O) groups is 1. The van der Waals surface area contributed by atoms with Gasteiger partial charge in [-0.1, -0.05) is 6.07 Å². The maximum atomic E-state index is 10.6. The molecule has 4 heteroatoms. The number of aryl methyl sites for hydroxylation is 1. The molecule has 0 bridgehead atoms. The van der Waals surface area contributed by atoms with Gasteiger partial charge in [0.25, 0.3) is 0 Å². The Hall–Kier alpha value is -1.42. The SMILES string of the molecule is Cc1cncc(CN2CC(C(=O)O)C2)c1. The van der Waals surface area contributed by atoms with Gasteiger partial charge >= 0.3 is 5.97 Å². The van der Waals surface area contributed by atoms with Gasteiger partial charge < -0.3 is 5.11 Å². The Labute approximate surface area is 88.6 Å². The van der Waals surface area contributed by atoms with Crippen molar-refractivity contribution < 1.29 is 9.90 Å². The van der Waals surface area contributed by atoms with E-state index in [0.29, 0.717) is 13.1 Å². The normalized spacial score (nSPS) is 17.4. The molecule has 80 valence electrons. The number of pyridine rings is 1. The van der Waals surface area contributed by atoms with Crippen LogP contribution in [0.25, 0.3) is 0 Å². The molecule has 1 aliphatic heterocycles. The van der Waals surface area contributed by atoms with Gasteiger partial charge in [0.15, 0.2) is 0 Å². The first kappa shape index (κ1) is 10.1. The van der Waals surface area contributed by atoms with Crippen LogP contribution >= 0.6 is 0 Å². The average molecular weight is 206 g/mol. The van der Waals surface area contributed by atoms with E-state index in [1.54, 1.807) is 0 Å². The van der Waals surface area contributed by atoms with E-state index >= 15 is 0 Å². The lowest BCUT2D eigenvalue weighted by molar-refractivity contribution is -0.147. The molecule has 1 aromatic rings. The van der Waals surface area contributed by atoms with E-state index in [2.05, 4.69) is 16.0 Å². The van der Waals surface area contributed by atoms with E-state index in [1.807, 2.05) is 19.3 Å². The first-order valence-corrected chi connectivity index (χ1v) is 5.01. The zero-order valence-electron chi connectivity index (χ0n) is 8.68. The van der Waals surface area contributed by atoms with Gasteiger partial charge in [0.1, 0.15) is 0 Å². The molecule has 15 heavy (non-hydrogen) atoms. The van der Waals surface area contributed by atoms with Crippen LogP contribution in [0.3, 0.4) is 0 Å². The highest BCUT2D eigenvalue weighted by Gasteiger charge is 2.32. The monoisotopic (exact) mass is 206 g/mol. The molecule has 1 aliphatic rings. The molecule has 0 unspecified atom stereocenters. The van der Waals surface area contributed by atoms with E-state index < -0.39 is 5.97 Å². The Balaban J connectivity index is 1.87. The van der Waals surface area contributed by atoms with Crippen molar-refractivity contribution >= 4 is 5.97 Å². The van der Waals surface area contributed by atoms with E-state index in [9.17, 15) is 4.79 Å². The smallest absolute Gasteiger partial charge is 0.309 e. The van der Waals surface area contributed by atoms with Crippen molar-refractivity contribution in [2.75, 3.05) is 13.1 Å². The Bertz CT molecular complexity index is 373. The van der Waals surface area contributed by atoms with Gasteiger partial charge in [0.2, 0.25) is 0 Å². The highest BCUT2D eigenvalue weighted by molar-refractivity contribution is 5.71. The summed E-state index contributed by atoms with van der Waals surface area (Å²) in [6.45, 7) is 4.12. The fourth-order valence-electron chi connectivity index (χ4n) is 1.82. The van der Waals surface area contributed by atoms with Crippen LogP contribution in [0.2, 0.25) is 0 Å². The number of carboxylic acid groups (broad SMARTS) is 1. The molecular weight excluding hydrogens is 192 g/mol. The number of aromatic nitrogens is 1. The standard InChI is InChI=1S/C11H14N2O2/c1-8-2-9(4-12-3-8)5-13-6-10(7-13)11(14)15/h2-4,10H,5-7H2,1H3,(H,14,15). The van der Waals surface area contributed by atoms with Gasteiger partial charge in [-0.15, -0.1) is 0 Å². The van der Waals surface area contributed by atoms with E-state index in [1.165, 1.54) is 0 Å². The maximum absolute atomic E-state index is 10.6. The van der Waals surface area contributed by atoms with Gasteiger partial charge in [0, 0.05) is 32.0 Å². The maximum Gasteiger partial charge on any atom is 0.309 e. The fraction of sp³-hybridized carbons (Fsp3) is 0.455. The van der Waals surface area contributed by atoms with E-state index in [0.717, 1.165) is 17.7 Å². The molecule has 1 aromatic heterocycles. The number of likely N-dealkylation sites (tertiary alicyclic amines) is 1. The van der Waals surface area contributed by atoms with Crippen LogP contribution in [0.4, 0.5) is 0 Å². The molecule has 0 saturated carbocycles. The second-order valence-electron chi connectivity index (χ2n) is 4.10. The lowest BCUT2D eigenvalue weighted by Gasteiger charge is -2.36. The fourth-order valence-corrected chi connectivity index (χ4v) is 1.82. The molecule has 0 amide bonds. The number of hydrogen-bond acceptors (Lipinski definition) is 3. The Morgan fingerprint density at radius 3 is 2.93 bits per heavy atom. The molecule has 0 aliphatic carbocycles. The first-order valence-electron chi connectivity index (χ1n) is 5.01. The number of carboxylic acids is 1. The number of rotatable bonds is 3. The molecule has 0 spiro atoms. The quantitative estimate of drug-likeness (QED) is 0.798. The molecule has 0 radical (unpaired) electrons. The summed E-state index contributed by atoms with van der Waals surface area (Å²) in [4.78, 5) is 16.8. The van der Waals surface area contributed by atoms with Crippen LogP contribution in [0.1, 0.15) is 11.1 Å². The molecule has 2 heterocycles. The molecule has 2 rings (SSSR count). The minimum Gasteiger partial charge on any atom is -0.481 e. The third-order valence-electron chi connectivity index (χ3n) is 2.64. The summed E-state index contributed by atoms with van der Waals surface area (Å²) in [5.41, 5.74) is 2.29. The molecule has 0 atom stereocenters. The predicted octanol–water partition coefficient (Wildman–Crippen LogP) is 0.906. The third kappa shape index (κ3) is 2.33. The molecule has 1 saturated heterocycles. The lowest BCUT2D eigenvalue weighted by atomic mass is 10.00. The summed E-state index contributed by atoms with van der Waals surface area (Å²) in [5, 5.41) is 8.72. The van der Waals surface area contributed by atoms with Gasteiger partial charge in [-0.25, -0.2) is 0 Å². The van der Waals surface area contributed by atoms with E-state index in [4.69, 9.17) is 5.11 Å². The van der Waals surface area contributed by atoms with Gasteiger partial charge in [0.05, 0.1) is 5.92 Å². The van der Waals surface area contributed by atoms with Crippen molar-refractivity contribution in [3.8, 4) is 0 Å². The van der Waals surface area contributed by atoms with Crippen molar-refractivity contribution in [3.05, 3.63) is 29.6 Å². The Kier molecular flexibility index (Phi) is 2.68. The largest absolute Gasteiger partial charge is 0.481 e. The van der Waals surface area contributed by atoms with Crippen LogP contribution < -0.4 is 0 Å². The zero-order chi connectivity index (χ0) is 10.8. The number of hydrogen-bond donors (Lipinski definition) is 1. The predicted molar refractivity (Wildman–Crippen MR) is 55.4 cm³/mol. The van der Waals surface area contributed by atoms with Crippen LogP contribution in [0.5, 0.6) is 0 Å². The molecule has 0 aromatic carbocycles. The Morgan fingerprint density at radius 1 is 1.60 bits per heavy atom. The van der Waals surface area contributed by atoms with Crippen molar-refractivity contribution in [3.63, 3.8) is 0 Å². The minimum atomic E-state index is -0.686. The third-order valence-corrected chi connectivity index (χ3v) is 2.64. The summed E-state index contributed by atoms with van der Waals surface area (Å²) in [5.74, 6) is -0.864. The van der Waals surface area contributed by atoms with Crippen molar-refractivity contribution in [1.82, 2.24) is 9.88 Å². The van der Waals surface area contributed by atoms with Crippen LogP contribution in [0, 0.1) is 12.8 Å². The summed E-state index contributed by atoms with van der Waals surface area (Å²) < 4.78 is 0.